The predicted molar refractivity (Wildman–Crippen MR) is 137 cm³/mol. The van der Waals surface area contributed by atoms with Gasteiger partial charge in [0.1, 0.15) is 20.4 Å². The second-order valence-corrected chi connectivity index (χ2v) is 11.8. The van der Waals surface area contributed by atoms with Gasteiger partial charge in [-0.25, -0.2) is 8.42 Å². The highest BCUT2D eigenvalue weighted by Gasteiger charge is 2.24. The van der Waals surface area contributed by atoms with E-state index >= 15 is 0 Å². The quantitative estimate of drug-likeness (QED) is 0.397. The molecule has 1 aliphatic rings. The van der Waals surface area contributed by atoms with Crippen LogP contribution in [0.15, 0.2) is 46.7 Å². The van der Waals surface area contributed by atoms with Crippen LogP contribution >= 0.6 is 34.5 Å². The minimum atomic E-state index is -3.90. The highest BCUT2D eigenvalue weighted by atomic mass is 35.5. The first kappa shape index (κ1) is 24.9. The fourth-order valence-corrected chi connectivity index (χ4v) is 6.69. The maximum absolute atomic E-state index is 13.1. The summed E-state index contributed by atoms with van der Waals surface area (Å²) < 4.78 is 45.9. The first-order valence-corrected chi connectivity index (χ1v) is 13.4. The molecule has 34 heavy (non-hydrogen) atoms. The molecule has 1 saturated heterocycles. The van der Waals surface area contributed by atoms with Gasteiger partial charge in [0.25, 0.3) is 10.0 Å². The largest absolute Gasteiger partial charge is 0.493 e. The summed E-state index contributed by atoms with van der Waals surface area (Å²) in [6.07, 6.45) is 0.893. The van der Waals surface area contributed by atoms with Crippen molar-refractivity contribution >= 4 is 50.2 Å². The van der Waals surface area contributed by atoms with Crippen molar-refractivity contribution in [3.05, 3.63) is 51.8 Å². The monoisotopic (exact) mass is 542 g/mol. The minimum absolute atomic E-state index is 0.00880. The van der Waals surface area contributed by atoms with E-state index in [2.05, 4.69) is 9.62 Å². The molecule has 182 valence electrons. The van der Waals surface area contributed by atoms with Crippen molar-refractivity contribution in [1.29, 1.82) is 0 Å². The number of anilines is 1. The Morgan fingerprint density at radius 2 is 1.79 bits per heavy atom. The molecular formula is C23H24Cl2N2O5S2. The number of likely N-dealkylation sites (tertiary alicyclic amines) is 1. The third-order valence-corrected chi connectivity index (χ3v) is 8.97. The van der Waals surface area contributed by atoms with Crippen LogP contribution in [-0.2, 0) is 10.0 Å². The number of hydrogen-bond acceptors (Lipinski definition) is 7. The molecule has 1 atom stereocenters. The highest BCUT2D eigenvalue weighted by Crippen LogP contribution is 2.41. The molecule has 1 fully saturated rings. The van der Waals surface area contributed by atoms with Crippen LogP contribution in [0.2, 0.25) is 9.36 Å². The molecule has 1 aromatic heterocycles. The van der Waals surface area contributed by atoms with Crippen molar-refractivity contribution < 1.29 is 22.6 Å². The smallest absolute Gasteiger partial charge is 0.271 e. The van der Waals surface area contributed by atoms with E-state index in [9.17, 15) is 8.42 Å². The molecule has 0 radical (unpaired) electrons. The van der Waals surface area contributed by atoms with Crippen molar-refractivity contribution in [1.82, 2.24) is 4.90 Å². The molecule has 0 unspecified atom stereocenters. The number of rotatable bonds is 8. The van der Waals surface area contributed by atoms with E-state index in [1.807, 2.05) is 7.05 Å². The molecule has 1 N–H and O–H groups in total. The molecule has 0 aliphatic carbocycles. The van der Waals surface area contributed by atoms with E-state index in [0.29, 0.717) is 43.4 Å². The number of nitrogens with zero attached hydrogens (tertiary/aromatic N) is 1. The van der Waals surface area contributed by atoms with Crippen LogP contribution in [0.4, 0.5) is 5.69 Å². The summed E-state index contributed by atoms with van der Waals surface area (Å²) >= 11 is 13.7. The Bertz CT molecular complexity index is 1300. The third kappa shape index (κ3) is 5.39. The molecule has 0 spiro atoms. The third-order valence-electron chi connectivity index (χ3n) is 5.45. The van der Waals surface area contributed by atoms with Crippen LogP contribution in [0.3, 0.4) is 0 Å². The van der Waals surface area contributed by atoms with Gasteiger partial charge in [0.2, 0.25) is 0 Å². The molecule has 11 heteroatoms. The Morgan fingerprint density at radius 3 is 2.47 bits per heavy atom. The first-order chi connectivity index (χ1) is 16.2. The molecule has 2 aromatic carbocycles. The molecule has 2 heterocycles. The van der Waals surface area contributed by atoms with Crippen LogP contribution in [-0.4, -0.2) is 53.8 Å². The van der Waals surface area contributed by atoms with Gasteiger partial charge in [0.05, 0.1) is 24.9 Å². The van der Waals surface area contributed by atoms with Crippen LogP contribution in [0.1, 0.15) is 6.42 Å². The average molecular weight is 543 g/mol. The number of sulfonamides is 1. The second-order valence-electron chi connectivity index (χ2n) is 7.86. The maximum atomic E-state index is 13.1. The van der Waals surface area contributed by atoms with Crippen molar-refractivity contribution in [2.45, 2.75) is 16.7 Å². The van der Waals surface area contributed by atoms with Gasteiger partial charge in [0, 0.05) is 24.7 Å². The highest BCUT2D eigenvalue weighted by molar-refractivity contribution is 7.94. The summed E-state index contributed by atoms with van der Waals surface area (Å²) in [7, 11) is 1.21. The summed E-state index contributed by atoms with van der Waals surface area (Å²) in [5.74, 6) is 1.53. The number of halogens is 2. The average Bonchev–Trinajstić information content (AvgIpc) is 3.41. The van der Waals surface area contributed by atoms with E-state index < -0.39 is 10.0 Å². The SMILES string of the molecule is COc1ccc(-c2cc(S(=O)(=O)Nc3ccc(Cl)c(O[C@@H]4CCN(C)C4)c3)sc2Cl)cc1OC. The lowest BCUT2D eigenvalue weighted by molar-refractivity contribution is 0.208. The number of hydrogen-bond donors (Lipinski definition) is 1. The molecule has 4 rings (SSSR count). The van der Waals surface area contributed by atoms with Crippen molar-refractivity contribution in [2.75, 3.05) is 39.1 Å². The Hall–Kier alpha value is -2.17. The first-order valence-electron chi connectivity index (χ1n) is 10.4. The topological polar surface area (TPSA) is 77.1 Å². The lowest BCUT2D eigenvalue weighted by Gasteiger charge is -2.16. The summed E-state index contributed by atoms with van der Waals surface area (Å²) in [5.41, 5.74) is 1.64. The van der Waals surface area contributed by atoms with Gasteiger partial charge < -0.3 is 19.1 Å². The van der Waals surface area contributed by atoms with Crippen LogP contribution in [0, 0.1) is 0 Å². The maximum Gasteiger partial charge on any atom is 0.271 e. The number of benzene rings is 2. The minimum Gasteiger partial charge on any atom is -0.493 e. The van der Waals surface area contributed by atoms with Gasteiger partial charge >= 0.3 is 0 Å². The van der Waals surface area contributed by atoms with E-state index in [4.69, 9.17) is 37.4 Å². The number of ether oxygens (including phenoxy) is 3. The van der Waals surface area contributed by atoms with Crippen molar-refractivity contribution in [3.8, 4) is 28.4 Å². The molecule has 0 saturated carbocycles. The van der Waals surface area contributed by atoms with Gasteiger partial charge in [0.15, 0.2) is 11.5 Å². The van der Waals surface area contributed by atoms with Gasteiger partial charge in [-0.3, -0.25) is 4.72 Å². The summed E-state index contributed by atoms with van der Waals surface area (Å²) in [6, 6.07) is 11.6. The van der Waals surface area contributed by atoms with E-state index in [0.717, 1.165) is 30.8 Å². The normalized spacial score (nSPS) is 16.4. The fraction of sp³-hybridized carbons (Fsp3) is 0.304. The predicted octanol–water partition coefficient (Wildman–Crippen LogP) is 5.62. The lowest BCUT2D eigenvalue weighted by Crippen LogP contribution is -2.21. The standard InChI is InChI=1S/C23H24Cl2N2O5S2/c1-27-9-8-16(13-27)32-20-11-15(5-6-18(20)24)26-34(28,29)22-12-17(23(25)33-22)14-4-7-19(30-2)21(10-14)31-3/h4-7,10-12,16,26H,8-9,13H2,1-3H3/t16-/m1/s1. The van der Waals surface area contributed by atoms with Gasteiger partial charge in [-0.05, 0) is 49.4 Å². The molecule has 0 amide bonds. The summed E-state index contributed by atoms with van der Waals surface area (Å²) in [4.78, 5) is 2.17. The zero-order chi connectivity index (χ0) is 24.5. The second kappa shape index (κ2) is 10.2. The molecule has 1 aliphatic heterocycles. The number of methoxy groups -OCH3 is 2. The van der Waals surface area contributed by atoms with Crippen LogP contribution < -0.4 is 18.9 Å². The van der Waals surface area contributed by atoms with E-state index in [-0.39, 0.29) is 10.3 Å². The molecule has 7 nitrogen and oxygen atoms in total. The van der Waals surface area contributed by atoms with Gasteiger partial charge in [-0.15, -0.1) is 11.3 Å². The Balaban J connectivity index is 1.57. The van der Waals surface area contributed by atoms with E-state index in [1.165, 1.54) is 13.2 Å². The van der Waals surface area contributed by atoms with Crippen LogP contribution in [0.5, 0.6) is 17.2 Å². The molecular weight excluding hydrogens is 519 g/mol. The van der Waals surface area contributed by atoms with Gasteiger partial charge in [-0.2, -0.15) is 0 Å². The number of thiophene rings is 1. The Kier molecular flexibility index (Phi) is 7.49. The van der Waals surface area contributed by atoms with Gasteiger partial charge in [-0.1, -0.05) is 29.3 Å². The number of likely N-dealkylation sites (N-methyl/N-ethyl adjacent to an activating group) is 1. The Labute approximate surface area is 213 Å². The van der Waals surface area contributed by atoms with Crippen LogP contribution in [0.25, 0.3) is 11.1 Å². The van der Waals surface area contributed by atoms with Crippen molar-refractivity contribution in [2.24, 2.45) is 0 Å². The zero-order valence-electron chi connectivity index (χ0n) is 18.8. The van der Waals surface area contributed by atoms with Crippen molar-refractivity contribution in [3.63, 3.8) is 0 Å². The summed E-state index contributed by atoms with van der Waals surface area (Å²) in [5, 5.41) is 0.424. The van der Waals surface area contributed by atoms with E-state index in [1.54, 1.807) is 43.5 Å². The summed E-state index contributed by atoms with van der Waals surface area (Å²) in [6.45, 7) is 1.73. The fourth-order valence-electron chi connectivity index (χ4n) is 3.71. The molecule has 0 bridgehead atoms. The number of nitrogens with one attached hydrogen (secondary N) is 1. The zero-order valence-corrected chi connectivity index (χ0v) is 21.9. The molecule has 3 aromatic rings. The Morgan fingerprint density at radius 1 is 1.03 bits per heavy atom. The lowest BCUT2D eigenvalue weighted by atomic mass is 10.1.